The number of hydrogen-bond acceptors (Lipinski definition) is 2. The van der Waals surface area contributed by atoms with Gasteiger partial charge in [-0.3, -0.25) is 4.79 Å². The number of para-hydroxylation sites is 1. The maximum atomic E-state index is 11.5. The fraction of sp³-hybridized carbons (Fsp3) is 0.500. The molecule has 0 bridgehead atoms. The average molecular weight is 219 g/mol. The third-order valence-electron chi connectivity index (χ3n) is 2.41. The first-order chi connectivity index (χ1) is 7.31. The summed E-state index contributed by atoms with van der Waals surface area (Å²) < 4.78 is 0. The quantitative estimate of drug-likeness (QED) is 0.726. The van der Waals surface area contributed by atoms with Crippen molar-refractivity contribution >= 4 is 11.5 Å². The Bertz CT molecular complexity index is 377. The highest BCUT2D eigenvalue weighted by Gasteiger charge is 2.16. The summed E-state index contributed by atoms with van der Waals surface area (Å²) in [7, 11) is 2.03. The number of nitrogens with zero attached hydrogens (tertiary/aromatic N) is 1. The molecule has 0 saturated heterocycles. The molecule has 0 aromatic heterocycles. The smallest absolute Gasteiger partial charge is 0.161 e. The number of carbonyl (C=O) groups excluding carboxylic acids is 1. The van der Waals surface area contributed by atoms with Crippen molar-refractivity contribution in [3.05, 3.63) is 29.8 Å². The predicted molar refractivity (Wildman–Crippen MR) is 69.2 cm³/mol. The molecule has 1 rings (SSSR count). The van der Waals surface area contributed by atoms with Gasteiger partial charge in [0.05, 0.1) is 0 Å². The van der Waals surface area contributed by atoms with Gasteiger partial charge in [0.2, 0.25) is 0 Å². The topological polar surface area (TPSA) is 20.3 Å². The SMILES string of the molecule is CC(=O)c1ccccc1N(C)CC(C)(C)C. The first kappa shape index (κ1) is 12.8. The number of benzene rings is 1. The minimum atomic E-state index is 0.122. The van der Waals surface area contributed by atoms with Crippen LogP contribution < -0.4 is 4.90 Å². The second kappa shape index (κ2) is 4.69. The lowest BCUT2D eigenvalue weighted by Gasteiger charge is -2.29. The Hall–Kier alpha value is -1.31. The van der Waals surface area contributed by atoms with Crippen molar-refractivity contribution in [2.45, 2.75) is 27.7 Å². The van der Waals surface area contributed by atoms with E-state index < -0.39 is 0 Å². The molecule has 2 heteroatoms. The van der Waals surface area contributed by atoms with Crippen LogP contribution in [0.5, 0.6) is 0 Å². The number of anilines is 1. The van der Waals surface area contributed by atoms with Crippen molar-refractivity contribution < 1.29 is 4.79 Å². The predicted octanol–water partition coefficient (Wildman–Crippen LogP) is 3.37. The molecule has 0 saturated carbocycles. The van der Waals surface area contributed by atoms with Crippen molar-refractivity contribution in [3.63, 3.8) is 0 Å². The van der Waals surface area contributed by atoms with Gasteiger partial charge in [-0.05, 0) is 24.5 Å². The summed E-state index contributed by atoms with van der Waals surface area (Å²) in [6, 6.07) is 7.77. The second-order valence-electron chi connectivity index (χ2n) is 5.49. The molecule has 0 aliphatic rings. The van der Waals surface area contributed by atoms with Crippen LogP contribution in [0.4, 0.5) is 5.69 Å². The van der Waals surface area contributed by atoms with Gasteiger partial charge in [-0.1, -0.05) is 32.9 Å². The van der Waals surface area contributed by atoms with Crippen LogP contribution in [0.1, 0.15) is 38.1 Å². The summed E-state index contributed by atoms with van der Waals surface area (Å²) in [6.45, 7) is 9.13. The summed E-state index contributed by atoms with van der Waals surface area (Å²) >= 11 is 0. The van der Waals surface area contributed by atoms with E-state index in [0.717, 1.165) is 17.8 Å². The molecule has 0 fully saturated rings. The third-order valence-corrected chi connectivity index (χ3v) is 2.41. The lowest BCUT2D eigenvalue weighted by Crippen LogP contribution is -2.30. The zero-order valence-electron chi connectivity index (χ0n) is 10.9. The minimum Gasteiger partial charge on any atom is -0.373 e. The molecule has 1 aromatic carbocycles. The fourth-order valence-electron chi connectivity index (χ4n) is 1.90. The summed E-state index contributed by atoms with van der Waals surface area (Å²) in [5.41, 5.74) is 2.04. The maximum Gasteiger partial charge on any atom is 0.161 e. The fourth-order valence-corrected chi connectivity index (χ4v) is 1.90. The molecule has 0 aliphatic heterocycles. The Balaban J connectivity index is 2.99. The Morgan fingerprint density at radius 2 is 1.81 bits per heavy atom. The summed E-state index contributed by atoms with van der Waals surface area (Å²) in [5, 5.41) is 0. The van der Waals surface area contributed by atoms with Crippen LogP contribution in [0, 0.1) is 5.41 Å². The summed E-state index contributed by atoms with van der Waals surface area (Å²) in [4.78, 5) is 13.7. The molecule has 88 valence electrons. The van der Waals surface area contributed by atoms with Gasteiger partial charge < -0.3 is 4.90 Å². The van der Waals surface area contributed by atoms with Crippen LogP contribution in [-0.4, -0.2) is 19.4 Å². The zero-order chi connectivity index (χ0) is 12.3. The van der Waals surface area contributed by atoms with E-state index in [9.17, 15) is 4.79 Å². The Kier molecular flexibility index (Phi) is 3.74. The van der Waals surface area contributed by atoms with Gasteiger partial charge in [-0.2, -0.15) is 0 Å². The Morgan fingerprint density at radius 3 is 2.31 bits per heavy atom. The van der Waals surface area contributed by atoms with Gasteiger partial charge >= 0.3 is 0 Å². The molecule has 0 amide bonds. The van der Waals surface area contributed by atoms with Crippen molar-refractivity contribution in [2.24, 2.45) is 5.41 Å². The van der Waals surface area contributed by atoms with E-state index in [1.165, 1.54) is 0 Å². The first-order valence-electron chi connectivity index (χ1n) is 5.62. The lowest BCUT2D eigenvalue weighted by atomic mass is 9.95. The van der Waals surface area contributed by atoms with E-state index in [1.807, 2.05) is 31.3 Å². The van der Waals surface area contributed by atoms with Crippen LogP contribution in [-0.2, 0) is 0 Å². The standard InChI is InChI=1S/C14H21NO/c1-11(16)12-8-6-7-9-13(12)15(5)10-14(2,3)4/h6-9H,10H2,1-5H3. The largest absolute Gasteiger partial charge is 0.373 e. The molecule has 16 heavy (non-hydrogen) atoms. The van der Waals surface area contributed by atoms with E-state index in [0.29, 0.717) is 0 Å². The number of rotatable bonds is 3. The second-order valence-corrected chi connectivity index (χ2v) is 5.49. The van der Waals surface area contributed by atoms with Crippen LogP contribution >= 0.6 is 0 Å². The molecule has 0 unspecified atom stereocenters. The van der Waals surface area contributed by atoms with Crippen molar-refractivity contribution in [1.29, 1.82) is 0 Å². The Labute approximate surface area is 98.3 Å². The monoisotopic (exact) mass is 219 g/mol. The molecule has 0 N–H and O–H groups in total. The highest BCUT2D eigenvalue weighted by molar-refractivity contribution is 5.99. The van der Waals surface area contributed by atoms with Crippen LogP contribution in [0.15, 0.2) is 24.3 Å². The minimum absolute atomic E-state index is 0.122. The molecule has 0 aliphatic carbocycles. The van der Waals surface area contributed by atoms with Gasteiger partial charge in [0, 0.05) is 24.8 Å². The highest BCUT2D eigenvalue weighted by Crippen LogP contribution is 2.23. The summed E-state index contributed by atoms with van der Waals surface area (Å²) in [6.07, 6.45) is 0. The van der Waals surface area contributed by atoms with Crippen molar-refractivity contribution in [2.75, 3.05) is 18.5 Å². The highest BCUT2D eigenvalue weighted by atomic mass is 16.1. The summed E-state index contributed by atoms with van der Waals surface area (Å²) in [5.74, 6) is 0.122. The Morgan fingerprint density at radius 1 is 1.25 bits per heavy atom. The number of hydrogen-bond donors (Lipinski definition) is 0. The van der Waals surface area contributed by atoms with E-state index in [-0.39, 0.29) is 11.2 Å². The van der Waals surface area contributed by atoms with E-state index >= 15 is 0 Å². The molecule has 2 nitrogen and oxygen atoms in total. The van der Waals surface area contributed by atoms with Crippen molar-refractivity contribution in [3.8, 4) is 0 Å². The van der Waals surface area contributed by atoms with Gasteiger partial charge in [-0.15, -0.1) is 0 Å². The molecule has 0 spiro atoms. The molecular formula is C14H21NO. The van der Waals surface area contributed by atoms with Gasteiger partial charge in [0.1, 0.15) is 0 Å². The molecular weight excluding hydrogens is 198 g/mol. The molecule has 0 radical (unpaired) electrons. The normalized spacial score (nSPS) is 11.3. The van der Waals surface area contributed by atoms with E-state index in [4.69, 9.17) is 0 Å². The number of Topliss-reactive ketones (excluding diaryl/α,β-unsaturated/α-hetero) is 1. The van der Waals surface area contributed by atoms with E-state index in [2.05, 4.69) is 25.7 Å². The molecule has 1 aromatic rings. The number of carbonyl (C=O) groups is 1. The van der Waals surface area contributed by atoms with Crippen LogP contribution in [0.3, 0.4) is 0 Å². The van der Waals surface area contributed by atoms with Gasteiger partial charge in [0.25, 0.3) is 0 Å². The van der Waals surface area contributed by atoms with E-state index in [1.54, 1.807) is 6.92 Å². The van der Waals surface area contributed by atoms with Gasteiger partial charge in [-0.25, -0.2) is 0 Å². The first-order valence-corrected chi connectivity index (χ1v) is 5.62. The van der Waals surface area contributed by atoms with Crippen molar-refractivity contribution in [1.82, 2.24) is 0 Å². The zero-order valence-corrected chi connectivity index (χ0v) is 10.9. The molecule has 0 heterocycles. The molecule has 0 atom stereocenters. The van der Waals surface area contributed by atoms with Gasteiger partial charge in [0.15, 0.2) is 5.78 Å². The average Bonchev–Trinajstić information content (AvgIpc) is 2.15. The van der Waals surface area contributed by atoms with Crippen LogP contribution in [0.2, 0.25) is 0 Å². The maximum absolute atomic E-state index is 11.5. The lowest BCUT2D eigenvalue weighted by molar-refractivity contribution is 0.101. The van der Waals surface area contributed by atoms with Crippen LogP contribution in [0.25, 0.3) is 0 Å². The third kappa shape index (κ3) is 3.37. The number of ketones is 1.